The lowest BCUT2D eigenvalue weighted by Gasteiger charge is -2.14. The second-order valence-electron chi connectivity index (χ2n) is 7.00. The van der Waals surface area contributed by atoms with Gasteiger partial charge in [-0.1, -0.05) is 78.4 Å². The zero-order valence-corrected chi connectivity index (χ0v) is 16.9. The molecule has 0 radical (unpaired) electrons. The molecule has 4 nitrogen and oxygen atoms in total. The number of carbonyl (C=O) groups is 2. The third-order valence-electron chi connectivity index (χ3n) is 5.18. The molecule has 150 valence electrons. The Morgan fingerprint density at radius 3 is 2.30 bits per heavy atom. The van der Waals surface area contributed by atoms with Crippen LogP contribution in [0.5, 0.6) is 0 Å². The number of ether oxygens (including phenoxy) is 1. The molecule has 1 aliphatic rings. The van der Waals surface area contributed by atoms with Crippen LogP contribution in [0.3, 0.4) is 0 Å². The summed E-state index contributed by atoms with van der Waals surface area (Å²) in [6, 6.07) is 21.5. The molecule has 1 amide bonds. The summed E-state index contributed by atoms with van der Waals surface area (Å²) < 4.78 is 5.50. The van der Waals surface area contributed by atoms with Crippen molar-refractivity contribution in [1.82, 2.24) is 5.32 Å². The van der Waals surface area contributed by atoms with Crippen LogP contribution >= 0.6 is 11.6 Å². The molecule has 3 aromatic carbocycles. The lowest BCUT2D eigenvalue weighted by molar-refractivity contribution is 0.112. The maximum atomic E-state index is 12.2. The maximum absolute atomic E-state index is 12.2. The Labute approximate surface area is 180 Å². The van der Waals surface area contributed by atoms with E-state index in [-0.39, 0.29) is 19.1 Å². The molecule has 0 unspecified atom stereocenters. The molecule has 0 aromatic heterocycles. The van der Waals surface area contributed by atoms with E-state index in [1.54, 1.807) is 30.4 Å². The van der Waals surface area contributed by atoms with E-state index in [0.29, 0.717) is 10.6 Å². The van der Waals surface area contributed by atoms with E-state index in [1.165, 1.54) is 22.3 Å². The van der Waals surface area contributed by atoms with Crippen molar-refractivity contribution in [2.24, 2.45) is 0 Å². The van der Waals surface area contributed by atoms with Gasteiger partial charge in [-0.25, -0.2) is 4.79 Å². The van der Waals surface area contributed by atoms with Crippen molar-refractivity contribution >= 4 is 30.1 Å². The molecule has 30 heavy (non-hydrogen) atoms. The van der Waals surface area contributed by atoms with Crippen molar-refractivity contribution in [1.29, 1.82) is 0 Å². The number of nitrogens with one attached hydrogen (secondary N) is 1. The first kappa shape index (κ1) is 19.9. The van der Waals surface area contributed by atoms with Gasteiger partial charge < -0.3 is 10.1 Å². The van der Waals surface area contributed by atoms with Crippen LogP contribution in [0.4, 0.5) is 4.79 Å². The quantitative estimate of drug-likeness (QED) is 0.523. The zero-order valence-electron chi connectivity index (χ0n) is 16.2. The lowest BCUT2D eigenvalue weighted by atomic mass is 9.98. The van der Waals surface area contributed by atoms with Gasteiger partial charge in [0.05, 0.1) is 0 Å². The summed E-state index contributed by atoms with van der Waals surface area (Å²) in [5.41, 5.74) is 5.98. The number of benzene rings is 3. The average molecular weight is 418 g/mol. The highest BCUT2D eigenvalue weighted by Gasteiger charge is 2.28. The third-order valence-corrected chi connectivity index (χ3v) is 5.42. The minimum atomic E-state index is -0.478. The molecule has 0 atom stereocenters. The van der Waals surface area contributed by atoms with Crippen LogP contribution in [0.25, 0.3) is 17.2 Å². The Hall–Kier alpha value is -3.37. The maximum Gasteiger partial charge on any atom is 0.407 e. The number of rotatable bonds is 6. The molecule has 0 saturated carbocycles. The Morgan fingerprint density at radius 2 is 1.63 bits per heavy atom. The molecule has 0 bridgehead atoms. The van der Waals surface area contributed by atoms with Gasteiger partial charge in [-0.3, -0.25) is 4.79 Å². The van der Waals surface area contributed by atoms with Crippen LogP contribution in [-0.4, -0.2) is 25.5 Å². The Bertz CT molecular complexity index is 1080. The van der Waals surface area contributed by atoms with Crippen LogP contribution in [0.2, 0.25) is 5.02 Å². The van der Waals surface area contributed by atoms with Crippen molar-refractivity contribution in [3.8, 4) is 11.1 Å². The predicted octanol–water partition coefficient (Wildman–Crippen LogP) is 5.70. The largest absolute Gasteiger partial charge is 0.449 e. The van der Waals surface area contributed by atoms with Crippen molar-refractivity contribution in [2.75, 3.05) is 13.2 Å². The summed E-state index contributed by atoms with van der Waals surface area (Å²) in [5.74, 6) is 0.0305. The Balaban J connectivity index is 1.34. The SMILES string of the molecule is O=Cc1cc(Cl)ccc1C=CCNC(=O)OCC1c2ccccc2-c2ccccc21. The van der Waals surface area contributed by atoms with E-state index in [0.717, 1.165) is 11.8 Å². The van der Waals surface area contributed by atoms with Gasteiger partial charge in [0.1, 0.15) is 6.61 Å². The van der Waals surface area contributed by atoms with Gasteiger partial charge in [-0.05, 0) is 39.9 Å². The molecule has 3 aromatic rings. The van der Waals surface area contributed by atoms with Gasteiger partial charge in [-0.15, -0.1) is 0 Å². The summed E-state index contributed by atoms with van der Waals surface area (Å²) >= 11 is 5.89. The summed E-state index contributed by atoms with van der Waals surface area (Å²) in [5, 5.41) is 3.22. The van der Waals surface area contributed by atoms with Gasteiger partial charge >= 0.3 is 6.09 Å². The van der Waals surface area contributed by atoms with Gasteiger partial charge in [0.15, 0.2) is 6.29 Å². The van der Waals surface area contributed by atoms with Crippen LogP contribution in [0, 0.1) is 0 Å². The minimum absolute atomic E-state index is 0.0305. The third kappa shape index (κ3) is 4.14. The minimum Gasteiger partial charge on any atom is -0.449 e. The Morgan fingerprint density at radius 1 is 0.967 bits per heavy atom. The molecule has 0 fully saturated rings. The van der Waals surface area contributed by atoms with Gasteiger partial charge in [0.2, 0.25) is 0 Å². The molecule has 0 heterocycles. The van der Waals surface area contributed by atoms with E-state index >= 15 is 0 Å². The van der Waals surface area contributed by atoms with Crippen molar-refractivity contribution in [3.63, 3.8) is 0 Å². The van der Waals surface area contributed by atoms with Gasteiger partial charge in [0.25, 0.3) is 0 Å². The molecule has 0 aliphatic heterocycles. The fraction of sp³-hybridized carbons (Fsp3) is 0.120. The zero-order chi connectivity index (χ0) is 20.9. The predicted molar refractivity (Wildman–Crippen MR) is 119 cm³/mol. The Kier molecular flexibility index (Phi) is 5.96. The van der Waals surface area contributed by atoms with Crippen molar-refractivity contribution in [3.05, 3.63) is 100 Å². The number of hydrogen-bond donors (Lipinski definition) is 1. The monoisotopic (exact) mass is 417 g/mol. The van der Waals surface area contributed by atoms with Crippen LogP contribution in [0.1, 0.15) is 33.0 Å². The van der Waals surface area contributed by atoms with E-state index in [9.17, 15) is 9.59 Å². The van der Waals surface area contributed by atoms with Crippen LogP contribution in [-0.2, 0) is 4.74 Å². The molecule has 1 N–H and O–H groups in total. The second kappa shape index (κ2) is 8.97. The van der Waals surface area contributed by atoms with Gasteiger partial charge in [-0.2, -0.15) is 0 Å². The average Bonchev–Trinajstić information content (AvgIpc) is 3.10. The summed E-state index contributed by atoms with van der Waals surface area (Å²) in [6.07, 6.45) is 3.81. The summed E-state index contributed by atoms with van der Waals surface area (Å²) in [6.45, 7) is 0.563. The molecule has 5 heteroatoms. The molecular formula is C25H20ClNO3. The number of aldehydes is 1. The molecule has 0 saturated heterocycles. The summed E-state index contributed by atoms with van der Waals surface area (Å²) in [4.78, 5) is 23.3. The first-order valence-corrected chi connectivity index (χ1v) is 10.1. The highest BCUT2D eigenvalue weighted by Crippen LogP contribution is 2.44. The lowest BCUT2D eigenvalue weighted by Crippen LogP contribution is -2.26. The number of amides is 1. The second-order valence-corrected chi connectivity index (χ2v) is 7.44. The van der Waals surface area contributed by atoms with Crippen molar-refractivity contribution < 1.29 is 14.3 Å². The number of fused-ring (bicyclic) bond motifs is 3. The topological polar surface area (TPSA) is 55.4 Å². The van der Waals surface area contributed by atoms with E-state index in [2.05, 4.69) is 29.6 Å². The normalized spacial score (nSPS) is 12.4. The van der Waals surface area contributed by atoms with Crippen LogP contribution < -0.4 is 5.32 Å². The standard InChI is InChI=1S/C25H20ClNO3/c26-19-12-11-17(18(14-19)15-28)6-5-13-27-25(29)30-16-24-22-9-3-1-7-20(22)21-8-2-4-10-23(21)24/h1-12,14-15,24H,13,16H2,(H,27,29). The molecule has 0 spiro atoms. The molecule has 4 rings (SSSR count). The highest BCUT2D eigenvalue weighted by atomic mass is 35.5. The summed E-state index contributed by atoms with van der Waals surface area (Å²) in [7, 11) is 0. The molecular weight excluding hydrogens is 398 g/mol. The number of alkyl carbamates (subject to hydrolysis) is 1. The smallest absolute Gasteiger partial charge is 0.407 e. The number of hydrogen-bond acceptors (Lipinski definition) is 3. The number of halogens is 1. The molecule has 1 aliphatic carbocycles. The van der Waals surface area contributed by atoms with E-state index < -0.39 is 6.09 Å². The highest BCUT2D eigenvalue weighted by molar-refractivity contribution is 6.30. The van der Waals surface area contributed by atoms with Crippen LogP contribution in [0.15, 0.2) is 72.8 Å². The first-order chi connectivity index (χ1) is 14.7. The van der Waals surface area contributed by atoms with E-state index in [1.807, 2.05) is 24.3 Å². The van der Waals surface area contributed by atoms with Crippen molar-refractivity contribution in [2.45, 2.75) is 5.92 Å². The van der Waals surface area contributed by atoms with E-state index in [4.69, 9.17) is 16.3 Å². The number of carbonyl (C=O) groups excluding carboxylic acids is 2. The fourth-order valence-corrected chi connectivity index (χ4v) is 3.96. The van der Waals surface area contributed by atoms with Gasteiger partial charge in [0, 0.05) is 23.0 Å². The fourth-order valence-electron chi connectivity index (χ4n) is 3.78. The first-order valence-electron chi connectivity index (χ1n) is 9.67.